The molecular weight excluding hydrogens is 419 g/mol. The smallest absolute Gasteiger partial charge is 0.254 e. The molecule has 0 fully saturated rings. The average Bonchev–Trinajstić information content (AvgIpc) is 3.16. The third kappa shape index (κ3) is 5.86. The van der Waals surface area contributed by atoms with Gasteiger partial charge in [-0.25, -0.2) is 9.07 Å². The standard InChI is InChI=1S/C26H31FN4O2/c1-17(2)30(25(33)19-9-11-20(27)12-10-19)16-24(32)28-23-15-22(26(4,5)6)29-31(23)21-13-7-18(3)8-14-21/h7-15,17H,16H2,1-6H3,(H,28,32). The van der Waals surface area contributed by atoms with Crippen LogP contribution in [0.2, 0.25) is 0 Å². The van der Waals surface area contributed by atoms with Gasteiger partial charge in [0.2, 0.25) is 5.91 Å². The molecule has 7 heteroatoms. The minimum atomic E-state index is -0.417. The van der Waals surface area contributed by atoms with Crippen LogP contribution in [0, 0.1) is 12.7 Å². The number of amides is 2. The predicted octanol–water partition coefficient (Wildman–Crippen LogP) is 5.11. The maximum absolute atomic E-state index is 13.3. The van der Waals surface area contributed by atoms with E-state index in [0.29, 0.717) is 11.4 Å². The largest absolute Gasteiger partial charge is 0.327 e. The number of aryl methyl sites for hydroxylation is 1. The lowest BCUT2D eigenvalue weighted by Crippen LogP contribution is -2.42. The summed E-state index contributed by atoms with van der Waals surface area (Å²) in [6.07, 6.45) is 0. The van der Waals surface area contributed by atoms with Crippen molar-refractivity contribution in [1.82, 2.24) is 14.7 Å². The van der Waals surface area contributed by atoms with Gasteiger partial charge in [-0.05, 0) is 57.2 Å². The van der Waals surface area contributed by atoms with Crippen molar-refractivity contribution in [3.8, 4) is 5.69 Å². The van der Waals surface area contributed by atoms with Crippen molar-refractivity contribution in [3.63, 3.8) is 0 Å². The van der Waals surface area contributed by atoms with Gasteiger partial charge >= 0.3 is 0 Å². The molecule has 33 heavy (non-hydrogen) atoms. The molecule has 0 saturated carbocycles. The Bertz CT molecular complexity index is 1130. The summed E-state index contributed by atoms with van der Waals surface area (Å²) < 4.78 is 15.0. The van der Waals surface area contributed by atoms with E-state index in [1.165, 1.54) is 29.2 Å². The zero-order chi connectivity index (χ0) is 24.3. The first-order valence-corrected chi connectivity index (χ1v) is 11.0. The van der Waals surface area contributed by atoms with E-state index >= 15 is 0 Å². The van der Waals surface area contributed by atoms with Gasteiger partial charge in [-0.2, -0.15) is 5.10 Å². The summed E-state index contributed by atoms with van der Waals surface area (Å²) in [5, 5.41) is 7.65. The number of nitrogens with zero attached hydrogens (tertiary/aromatic N) is 3. The fraction of sp³-hybridized carbons (Fsp3) is 0.346. The molecule has 3 rings (SSSR count). The number of nitrogens with one attached hydrogen (secondary N) is 1. The maximum atomic E-state index is 13.3. The van der Waals surface area contributed by atoms with Crippen LogP contribution in [0.1, 0.15) is 56.2 Å². The number of hydrogen-bond donors (Lipinski definition) is 1. The lowest BCUT2D eigenvalue weighted by Gasteiger charge is -2.26. The van der Waals surface area contributed by atoms with Gasteiger partial charge < -0.3 is 10.2 Å². The lowest BCUT2D eigenvalue weighted by atomic mass is 9.92. The Kier molecular flexibility index (Phi) is 7.01. The first-order valence-electron chi connectivity index (χ1n) is 11.0. The molecule has 3 aromatic rings. The van der Waals surface area contributed by atoms with Crippen LogP contribution < -0.4 is 5.32 Å². The number of aromatic nitrogens is 2. The van der Waals surface area contributed by atoms with Crippen molar-refractivity contribution in [3.05, 3.63) is 77.2 Å². The summed E-state index contributed by atoms with van der Waals surface area (Å²) >= 11 is 0. The molecule has 0 radical (unpaired) electrons. The monoisotopic (exact) mass is 450 g/mol. The number of benzene rings is 2. The molecule has 0 saturated heterocycles. The highest BCUT2D eigenvalue weighted by Crippen LogP contribution is 2.26. The fourth-order valence-corrected chi connectivity index (χ4v) is 3.30. The van der Waals surface area contributed by atoms with Crippen LogP contribution in [0.5, 0.6) is 0 Å². The zero-order valence-corrected chi connectivity index (χ0v) is 20.0. The first-order chi connectivity index (χ1) is 15.5. The normalized spacial score (nSPS) is 11.5. The number of carbonyl (C=O) groups is 2. The van der Waals surface area contributed by atoms with E-state index in [2.05, 4.69) is 26.1 Å². The molecule has 1 N–H and O–H groups in total. The van der Waals surface area contributed by atoms with E-state index in [0.717, 1.165) is 16.9 Å². The van der Waals surface area contributed by atoms with Crippen LogP contribution in [0.3, 0.4) is 0 Å². The van der Waals surface area contributed by atoms with E-state index < -0.39 is 5.82 Å². The Hall–Kier alpha value is -3.48. The van der Waals surface area contributed by atoms with E-state index in [-0.39, 0.29) is 29.8 Å². The van der Waals surface area contributed by atoms with Gasteiger partial charge in [0.15, 0.2) is 0 Å². The molecule has 0 aliphatic carbocycles. The molecule has 2 aromatic carbocycles. The minimum absolute atomic E-state index is 0.141. The van der Waals surface area contributed by atoms with Crippen molar-refractivity contribution in [1.29, 1.82) is 0 Å². The number of anilines is 1. The third-order valence-electron chi connectivity index (χ3n) is 5.31. The Balaban J connectivity index is 1.86. The van der Waals surface area contributed by atoms with Crippen LogP contribution >= 0.6 is 0 Å². The van der Waals surface area contributed by atoms with Gasteiger partial charge in [0, 0.05) is 23.1 Å². The van der Waals surface area contributed by atoms with E-state index in [4.69, 9.17) is 5.10 Å². The third-order valence-corrected chi connectivity index (χ3v) is 5.31. The molecule has 174 valence electrons. The van der Waals surface area contributed by atoms with Crippen LogP contribution in [-0.2, 0) is 10.2 Å². The molecular formula is C26H31FN4O2. The van der Waals surface area contributed by atoms with Crippen molar-refractivity contribution < 1.29 is 14.0 Å². The molecule has 6 nitrogen and oxygen atoms in total. The molecule has 0 aliphatic rings. The van der Waals surface area contributed by atoms with Gasteiger partial charge in [0.25, 0.3) is 5.91 Å². The Morgan fingerprint density at radius 2 is 1.67 bits per heavy atom. The predicted molar refractivity (Wildman–Crippen MR) is 128 cm³/mol. The summed E-state index contributed by atoms with van der Waals surface area (Å²) in [6, 6.07) is 14.8. The van der Waals surface area contributed by atoms with E-state index in [1.807, 2.05) is 51.1 Å². The minimum Gasteiger partial charge on any atom is -0.327 e. The Morgan fingerprint density at radius 3 is 2.21 bits per heavy atom. The summed E-state index contributed by atoms with van der Waals surface area (Å²) in [5.41, 5.74) is 2.91. The lowest BCUT2D eigenvalue weighted by molar-refractivity contribution is -0.117. The molecule has 2 amide bonds. The average molecular weight is 451 g/mol. The van der Waals surface area contributed by atoms with Crippen LogP contribution in [0.15, 0.2) is 54.6 Å². The maximum Gasteiger partial charge on any atom is 0.254 e. The molecule has 1 aromatic heterocycles. The zero-order valence-electron chi connectivity index (χ0n) is 20.0. The summed E-state index contributed by atoms with van der Waals surface area (Å²) in [5.74, 6) is -0.554. The van der Waals surface area contributed by atoms with Crippen molar-refractivity contribution in [2.45, 2.75) is 53.0 Å². The van der Waals surface area contributed by atoms with Crippen LogP contribution in [0.4, 0.5) is 10.2 Å². The van der Waals surface area contributed by atoms with Crippen molar-refractivity contribution in [2.24, 2.45) is 0 Å². The Morgan fingerprint density at radius 1 is 1.06 bits per heavy atom. The molecule has 0 unspecified atom stereocenters. The summed E-state index contributed by atoms with van der Waals surface area (Å²) in [4.78, 5) is 27.4. The SMILES string of the molecule is Cc1ccc(-n2nc(C(C)(C)C)cc2NC(=O)CN(C(=O)c2ccc(F)cc2)C(C)C)cc1. The fourth-order valence-electron chi connectivity index (χ4n) is 3.30. The van der Waals surface area contributed by atoms with Gasteiger partial charge in [-0.15, -0.1) is 0 Å². The van der Waals surface area contributed by atoms with E-state index in [1.54, 1.807) is 4.68 Å². The molecule has 0 spiro atoms. The molecule has 0 atom stereocenters. The number of halogens is 1. The first kappa shape index (κ1) is 24.2. The van der Waals surface area contributed by atoms with Gasteiger partial charge in [0.05, 0.1) is 11.4 Å². The topological polar surface area (TPSA) is 67.2 Å². The van der Waals surface area contributed by atoms with Gasteiger partial charge in [0.1, 0.15) is 18.2 Å². The molecule has 0 bridgehead atoms. The number of carbonyl (C=O) groups excluding carboxylic acids is 2. The molecule has 0 aliphatic heterocycles. The van der Waals surface area contributed by atoms with Crippen LogP contribution in [-0.4, -0.2) is 39.1 Å². The quantitative estimate of drug-likeness (QED) is 0.568. The Labute approximate surface area is 194 Å². The number of rotatable bonds is 6. The van der Waals surface area contributed by atoms with Crippen molar-refractivity contribution >= 4 is 17.6 Å². The summed E-state index contributed by atoms with van der Waals surface area (Å²) in [6.45, 7) is 11.7. The summed E-state index contributed by atoms with van der Waals surface area (Å²) in [7, 11) is 0. The van der Waals surface area contributed by atoms with Crippen molar-refractivity contribution in [2.75, 3.05) is 11.9 Å². The highest BCUT2D eigenvalue weighted by atomic mass is 19.1. The molecule has 1 heterocycles. The second kappa shape index (κ2) is 9.57. The number of hydrogen-bond acceptors (Lipinski definition) is 3. The van der Waals surface area contributed by atoms with Gasteiger partial charge in [-0.3, -0.25) is 9.59 Å². The van der Waals surface area contributed by atoms with Crippen LogP contribution in [0.25, 0.3) is 5.69 Å². The van der Waals surface area contributed by atoms with Gasteiger partial charge in [-0.1, -0.05) is 38.5 Å². The highest BCUT2D eigenvalue weighted by molar-refractivity contribution is 5.99. The second-order valence-electron chi connectivity index (χ2n) is 9.49. The van der Waals surface area contributed by atoms with E-state index in [9.17, 15) is 14.0 Å². The highest BCUT2D eigenvalue weighted by Gasteiger charge is 2.24. The second-order valence-corrected chi connectivity index (χ2v) is 9.49.